The molecule has 2 aromatic rings. The Balaban J connectivity index is 1.90. The lowest BCUT2D eigenvalue weighted by Gasteiger charge is -2.06. The standard InChI is InChI=1S/C15H15ClN2O3S/c16-13-3-1-2-12(10-13)15(19)18-9-8-11-4-6-14(7-5-11)22(17,20)21/h1-7,10H,8-9H2,(H,18,19)(H2,17,20,21). The first-order chi connectivity index (χ1) is 10.4. The van der Waals surface area contributed by atoms with Gasteiger partial charge in [0, 0.05) is 17.1 Å². The van der Waals surface area contributed by atoms with Crippen molar-refractivity contribution in [2.45, 2.75) is 11.3 Å². The molecular formula is C15H15ClN2O3S. The minimum Gasteiger partial charge on any atom is -0.352 e. The quantitative estimate of drug-likeness (QED) is 0.873. The van der Waals surface area contributed by atoms with Gasteiger partial charge < -0.3 is 5.32 Å². The summed E-state index contributed by atoms with van der Waals surface area (Å²) in [4.78, 5) is 12.0. The van der Waals surface area contributed by atoms with E-state index < -0.39 is 10.0 Å². The number of halogens is 1. The van der Waals surface area contributed by atoms with Gasteiger partial charge in [-0.05, 0) is 42.3 Å². The van der Waals surface area contributed by atoms with E-state index in [4.69, 9.17) is 16.7 Å². The average Bonchev–Trinajstić information content (AvgIpc) is 2.47. The highest BCUT2D eigenvalue weighted by Crippen LogP contribution is 2.11. The lowest BCUT2D eigenvalue weighted by Crippen LogP contribution is -2.25. The van der Waals surface area contributed by atoms with E-state index in [0.717, 1.165) is 5.56 Å². The van der Waals surface area contributed by atoms with Crippen LogP contribution >= 0.6 is 11.6 Å². The van der Waals surface area contributed by atoms with Crippen LogP contribution in [0, 0.1) is 0 Å². The van der Waals surface area contributed by atoms with Crippen molar-refractivity contribution in [1.29, 1.82) is 0 Å². The number of sulfonamides is 1. The molecule has 2 rings (SSSR count). The third-order valence-electron chi connectivity index (χ3n) is 3.04. The number of benzene rings is 2. The molecule has 116 valence electrons. The number of carbonyl (C=O) groups is 1. The summed E-state index contributed by atoms with van der Waals surface area (Å²) in [5.41, 5.74) is 1.40. The van der Waals surface area contributed by atoms with E-state index in [1.54, 1.807) is 36.4 Å². The summed E-state index contributed by atoms with van der Waals surface area (Å²) in [5, 5.41) is 8.31. The number of rotatable bonds is 5. The zero-order valence-electron chi connectivity index (χ0n) is 11.6. The van der Waals surface area contributed by atoms with E-state index in [-0.39, 0.29) is 10.8 Å². The molecule has 0 heterocycles. The second-order valence-corrected chi connectivity index (χ2v) is 6.70. The minimum atomic E-state index is -3.68. The average molecular weight is 339 g/mol. The number of primary sulfonamides is 1. The van der Waals surface area contributed by atoms with Crippen LogP contribution in [0.15, 0.2) is 53.4 Å². The zero-order chi connectivity index (χ0) is 16.2. The molecule has 0 aliphatic heterocycles. The molecule has 0 atom stereocenters. The Kier molecular flexibility index (Phi) is 5.18. The van der Waals surface area contributed by atoms with Gasteiger partial charge in [-0.2, -0.15) is 0 Å². The van der Waals surface area contributed by atoms with Crippen molar-refractivity contribution in [2.24, 2.45) is 5.14 Å². The predicted molar refractivity (Wildman–Crippen MR) is 85.3 cm³/mol. The molecule has 0 aliphatic rings. The molecule has 0 aliphatic carbocycles. The van der Waals surface area contributed by atoms with E-state index >= 15 is 0 Å². The van der Waals surface area contributed by atoms with Gasteiger partial charge in [-0.3, -0.25) is 4.79 Å². The fourth-order valence-electron chi connectivity index (χ4n) is 1.90. The molecule has 3 N–H and O–H groups in total. The Labute approximate surface area is 134 Å². The molecule has 0 fully saturated rings. The molecule has 0 aromatic heterocycles. The maximum absolute atomic E-state index is 11.9. The van der Waals surface area contributed by atoms with E-state index in [1.807, 2.05) is 0 Å². The van der Waals surface area contributed by atoms with Gasteiger partial charge in [-0.25, -0.2) is 13.6 Å². The first-order valence-corrected chi connectivity index (χ1v) is 8.44. The lowest BCUT2D eigenvalue weighted by molar-refractivity contribution is 0.0954. The van der Waals surface area contributed by atoms with Crippen molar-refractivity contribution in [1.82, 2.24) is 5.32 Å². The molecule has 2 aromatic carbocycles. The Morgan fingerprint density at radius 1 is 1.14 bits per heavy atom. The highest BCUT2D eigenvalue weighted by atomic mass is 35.5. The van der Waals surface area contributed by atoms with Gasteiger partial charge in [0.05, 0.1) is 4.90 Å². The molecule has 1 amide bonds. The monoisotopic (exact) mass is 338 g/mol. The molecule has 22 heavy (non-hydrogen) atoms. The van der Waals surface area contributed by atoms with E-state index in [1.165, 1.54) is 12.1 Å². The number of amides is 1. The summed E-state index contributed by atoms with van der Waals surface area (Å²) in [6, 6.07) is 12.9. The van der Waals surface area contributed by atoms with Crippen LogP contribution in [0.5, 0.6) is 0 Å². The smallest absolute Gasteiger partial charge is 0.251 e. The van der Waals surface area contributed by atoms with Crippen molar-refractivity contribution in [3.05, 3.63) is 64.7 Å². The first-order valence-electron chi connectivity index (χ1n) is 6.52. The second kappa shape index (κ2) is 6.91. The van der Waals surface area contributed by atoms with Crippen LogP contribution < -0.4 is 10.5 Å². The van der Waals surface area contributed by atoms with Crippen molar-refractivity contribution < 1.29 is 13.2 Å². The van der Waals surface area contributed by atoms with Crippen LogP contribution in [0.1, 0.15) is 15.9 Å². The molecule has 0 saturated carbocycles. The Bertz CT molecular complexity index is 774. The number of nitrogens with one attached hydrogen (secondary N) is 1. The van der Waals surface area contributed by atoms with Crippen LogP contribution in [0.3, 0.4) is 0 Å². The van der Waals surface area contributed by atoms with Crippen LogP contribution in [-0.2, 0) is 16.4 Å². The normalized spacial score (nSPS) is 11.2. The summed E-state index contributed by atoms with van der Waals surface area (Å²) in [7, 11) is -3.68. The molecule has 0 radical (unpaired) electrons. The number of hydrogen-bond acceptors (Lipinski definition) is 3. The first kappa shape index (κ1) is 16.5. The summed E-state index contributed by atoms with van der Waals surface area (Å²) in [6.07, 6.45) is 0.581. The molecule has 5 nitrogen and oxygen atoms in total. The van der Waals surface area contributed by atoms with E-state index in [0.29, 0.717) is 23.6 Å². The van der Waals surface area contributed by atoms with Crippen molar-refractivity contribution >= 4 is 27.5 Å². The van der Waals surface area contributed by atoms with Crippen molar-refractivity contribution in [3.63, 3.8) is 0 Å². The summed E-state index contributed by atoms with van der Waals surface area (Å²) in [6.45, 7) is 0.431. The van der Waals surface area contributed by atoms with Crippen molar-refractivity contribution in [2.75, 3.05) is 6.54 Å². The van der Waals surface area contributed by atoms with Gasteiger partial charge >= 0.3 is 0 Å². The lowest BCUT2D eigenvalue weighted by atomic mass is 10.1. The molecular weight excluding hydrogens is 324 g/mol. The highest BCUT2D eigenvalue weighted by molar-refractivity contribution is 7.89. The number of hydrogen-bond donors (Lipinski definition) is 2. The van der Waals surface area contributed by atoms with Crippen LogP contribution in [0.4, 0.5) is 0 Å². The van der Waals surface area contributed by atoms with E-state index in [9.17, 15) is 13.2 Å². The second-order valence-electron chi connectivity index (χ2n) is 4.71. The van der Waals surface area contributed by atoms with Crippen LogP contribution in [-0.4, -0.2) is 20.9 Å². The largest absolute Gasteiger partial charge is 0.352 e. The van der Waals surface area contributed by atoms with Gasteiger partial charge in [0.25, 0.3) is 5.91 Å². The van der Waals surface area contributed by atoms with Gasteiger partial charge in [-0.1, -0.05) is 29.8 Å². The fourth-order valence-corrected chi connectivity index (χ4v) is 2.60. The van der Waals surface area contributed by atoms with Gasteiger partial charge in [-0.15, -0.1) is 0 Å². The predicted octanol–water partition coefficient (Wildman–Crippen LogP) is 1.96. The number of carbonyl (C=O) groups excluding carboxylic acids is 1. The zero-order valence-corrected chi connectivity index (χ0v) is 13.2. The third kappa shape index (κ3) is 4.56. The van der Waals surface area contributed by atoms with Gasteiger partial charge in [0.1, 0.15) is 0 Å². The topological polar surface area (TPSA) is 89.3 Å². The molecule has 0 bridgehead atoms. The Morgan fingerprint density at radius 3 is 2.41 bits per heavy atom. The molecule has 0 saturated heterocycles. The van der Waals surface area contributed by atoms with Gasteiger partial charge in [0.2, 0.25) is 10.0 Å². The SMILES string of the molecule is NS(=O)(=O)c1ccc(CCNC(=O)c2cccc(Cl)c2)cc1. The molecule has 7 heteroatoms. The van der Waals surface area contributed by atoms with Crippen LogP contribution in [0.2, 0.25) is 5.02 Å². The van der Waals surface area contributed by atoms with Gasteiger partial charge in [0.15, 0.2) is 0 Å². The molecule has 0 unspecified atom stereocenters. The van der Waals surface area contributed by atoms with Crippen molar-refractivity contribution in [3.8, 4) is 0 Å². The summed E-state index contributed by atoms with van der Waals surface area (Å²) < 4.78 is 22.3. The summed E-state index contributed by atoms with van der Waals surface area (Å²) in [5.74, 6) is -0.205. The Morgan fingerprint density at radius 2 is 1.82 bits per heavy atom. The maximum Gasteiger partial charge on any atom is 0.251 e. The van der Waals surface area contributed by atoms with E-state index in [2.05, 4.69) is 5.32 Å². The maximum atomic E-state index is 11.9. The third-order valence-corrected chi connectivity index (χ3v) is 4.20. The summed E-state index contributed by atoms with van der Waals surface area (Å²) >= 11 is 5.83. The molecule has 0 spiro atoms. The number of nitrogens with two attached hydrogens (primary N) is 1. The highest BCUT2D eigenvalue weighted by Gasteiger charge is 2.07. The minimum absolute atomic E-state index is 0.0687. The Hall–Kier alpha value is -1.89. The van der Waals surface area contributed by atoms with Crippen LogP contribution in [0.25, 0.3) is 0 Å². The fraction of sp³-hybridized carbons (Fsp3) is 0.133.